The molecule has 1 unspecified atom stereocenters. The maximum absolute atomic E-state index is 5.63. The number of pyridine rings is 1. The van der Waals surface area contributed by atoms with Gasteiger partial charge in [0.2, 0.25) is 6.79 Å². The van der Waals surface area contributed by atoms with E-state index in [-0.39, 0.29) is 12.7 Å². The van der Waals surface area contributed by atoms with Gasteiger partial charge in [0.1, 0.15) is 0 Å². The second-order valence-electron chi connectivity index (χ2n) is 6.98. The maximum Gasteiger partial charge on any atom is 0.231 e. The number of imidazole rings is 1. The molecule has 1 atom stereocenters. The number of benzene rings is 2. The van der Waals surface area contributed by atoms with E-state index in [1.165, 1.54) is 0 Å². The Morgan fingerprint density at radius 2 is 1.69 bits per heavy atom. The third-order valence-electron chi connectivity index (χ3n) is 5.29. The van der Waals surface area contributed by atoms with Crippen LogP contribution in [0.5, 0.6) is 11.5 Å². The van der Waals surface area contributed by atoms with Crippen LogP contribution in [-0.2, 0) is 0 Å². The third kappa shape index (κ3) is 2.61. The highest BCUT2D eigenvalue weighted by atomic mass is 16.7. The number of hydrogen-bond donors (Lipinski definition) is 0. The van der Waals surface area contributed by atoms with E-state index in [2.05, 4.69) is 45.4 Å². The molecule has 0 fully saturated rings. The van der Waals surface area contributed by atoms with Gasteiger partial charge in [0.15, 0.2) is 17.1 Å². The van der Waals surface area contributed by atoms with Crippen LogP contribution in [0.25, 0.3) is 16.6 Å². The zero-order chi connectivity index (χ0) is 19.2. The normalized spacial score (nSPS) is 13.8. The van der Waals surface area contributed by atoms with Crippen LogP contribution in [0.1, 0.15) is 22.7 Å². The summed E-state index contributed by atoms with van der Waals surface area (Å²) < 4.78 is 13.0. The van der Waals surface area contributed by atoms with Gasteiger partial charge in [-0.15, -0.1) is 0 Å². The Morgan fingerprint density at radius 3 is 2.69 bits per heavy atom. The van der Waals surface area contributed by atoms with Crippen LogP contribution in [0.15, 0.2) is 79.3 Å². The second-order valence-corrected chi connectivity index (χ2v) is 6.98. The second kappa shape index (κ2) is 6.31. The Morgan fingerprint density at radius 1 is 0.828 bits per heavy atom. The number of fused-ring (bicyclic) bond motifs is 3. The third-order valence-corrected chi connectivity index (χ3v) is 5.29. The molecule has 2 aromatic carbocycles. The fraction of sp³-hybridized carbons (Fsp3) is 0.0870. The molecular formula is C23H16N4O2. The van der Waals surface area contributed by atoms with Crippen LogP contribution in [0.3, 0.4) is 0 Å². The summed E-state index contributed by atoms with van der Waals surface area (Å²) in [5.74, 6) is 1.46. The van der Waals surface area contributed by atoms with E-state index in [1.807, 2.05) is 47.2 Å². The number of ether oxygens (including phenoxy) is 2. The highest BCUT2D eigenvalue weighted by molar-refractivity contribution is 5.79. The molecule has 0 saturated carbocycles. The molecule has 6 nitrogen and oxygen atoms in total. The number of nitrogens with zero attached hydrogens (tertiary/aromatic N) is 4. The first-order valence-corrected chi connectivity index (χ1v) is 9.40. The van der Waals surface area contributed by atoms with E-state index in [9.17, 15) is 0 Å². The van der Waals surface area contributed by atoms with Crippen LogP contribution < -0.4 is 9.47 Å². The van der Waals surface area contributed by atoms with Gasteiger partial charge >= 0.3 is 0 Å². The molecule has 0 bridgehead atoms. The van der Waals surface area contributed by atoms with Crippen molar-refractivity contribution < 1.29 is 9.47 Å². The molecule has 0 N–H and O–H groups in total. The van der Waals surface area contributed by atoms with Gasteiger partial charge in [0, 0.05) is 17.8 Å². The summed E-state index contributed by atoms with van der Waals surface area (Å²) in [4.78, 5) is 9.01. The molecule has 6 heteroatoms. The molecule has 0 amide bonds. The molecule has 0 radical (unpaired) electrons. The molecule has 1 aliphatic heterocycles. The summed E-state index contributed by atoms with van der Waals surface area (Å²) in [5, 5.41) is 5.63. The summed E-state index contributed by atoms with van der Waals surface area (Å²) >= 11 is 0. The van der Waals surface area contributed by atoms with Gasteiger partial charge in [-0.05, 0) is 53.6 Å². The average Bonchev–Trinajstić information content (AvgIpc) is 3.41. The summed E-state index contributed by atoms with van der Waals surface area (Å²) in [6, 6.07) is 20.3. The van der Waals surface area contributed by atoms with Gasteiger partial charge in [-0.25, -0.2) is 9.50 Å². The van der Waals surface area contributed by atoms with Crippen molar-refractivity contribution in [2.75, 3.05) is 6.79 Å². The fourth-order valence-corrected chi connectivity index (χ4v) is 3.94. The van der Waals surface area contributed by atoms with Crippen molar-refractivity contribution in [2.24, 2.45) is 0 Å². The summed E-state index contributed by atoms with van der Waals surface area (Å²) in [7, 11) is 0. The SMILES string of the molecule is c1cnc2ccc(C(c3ccc4c(c3)OCO4)c3cnc4cccnn34)cc2c1. The molecule has 0 aliphatic carbocycles. The lowest BCUT2D eigenvalue weighted by atomic mass is 9.88. The number of aromatic nitrogens is 4. The average molecular weight is 380 g/mol. The van der Waals surface area contributed by atoms with Crippen LogP contribution in [0, 0.1) is 0 Å². The number of rotatable bonds is 3. The van der Waals surface area contributed by atoms with E-state index >= 15 is 0 Å². The zero-order valence-corrected chi connectivity index (χ0v) is 15.4. The van der Waals surface area contributed by atoms with Gasteiger partial charge in [-0.2, -0.15) is 5.10 Å². The van der Waals surface area contributed by atoms with Gasteiger partial charge in [-0.3, -0.25) is 4.98 Å². The van der Waals surface area contributed by atoms with E-state index in [0.29, 0.717) is 0 Å². The molecule has 3 aromatic heterocycles. The molecule has 0 spiro atoms. The summed E-state index contributed by atoms with van der Waals surface area (Å²) in [6.45, 7) is 0.252. The fourth-order valence-electron chi connectivity index (χ4n) is 3.94. The quantitative estimate of drug-likeness (QED) is 0.470. The molecule has 140 valence electrons. The Kier molecular flexibility index (Phi) is 3.49. The minimum atomic E-state index is -0.0704. The molecule has 4 heterocycles. The van der Waals surface area contributed by atoms with Crippen molar-refractivity contribution in [2.45, 2.75) is 5.92 Å². The smallest absolute Gasteiger partial charge is 0.231 e. The molecule has 6 rings (SSSR count). The van der Waals surface area contributed by atoms with E-state index < -0.39 is 0 Å². The van der Waals surface area contributed by atoms with Crippen molar-refractivity contribution in [3.8, 4) is 11.5 Å². The first-order valence-electron chi connectivity index (χ1n) is 9.40. The van der Waals surface area contributed by atoms with Gasteiger partial charge in [0.05, 0.1) is 23.3 Å². The van der Waals surface area contributed by atoms with Crippen molar-refractivity contribution >= 4 is 16.6 Å². The Balaban J connectivity index is 1.59. The molecule has 5 aromatic rings. The monoisotopic (exact) mass is 380 g/mol. The molecule has 1 aliphatic rings. The van der Waals surface area contributed by atoms with E-state index in [1.54, 1.807) is 6.20 Å². The van der Waals surface area contributed by atoms with Crippen LogP contribution >= 0.6 is 0 Å². The first-order chi connectivity index (χ1) is 14.4. The first kappa shape index (κ1) is 16.1. The minimum Gasteiger partial charge on any atom is -0.454 e. The topological polar surface area (TPSA) is 61.5 Å². The van der Waals surface area contributed by atoms with E-state index in [4.69, 9.17) is 9.47 Å². The predicted octanol–water partition coefficient (Wildman–Crippen LogP) is 4.19. The largest absolute Gasteiger partial charge is 0.454 e. The molecule has 29 heavy (non-hydrogen) atoms. The van der Waals surface area contributed by atoms with Gasteiger partial charge in [-0.1, -0.05) is 18.2 Å². The van der Waals surface area contributed by atoms with Gasteiger partial charge in [0.25, 0.3) is 0 Å². The zero-order valence-electron chi connectivity index (χ0n) is 15.4. The molecular weight excluding hydrogens is 364 g/mol. The lowest BCUT2D eigenvalue weighted by Crippen LogP contribution is -2.08. The van der Waals surface area contributed by atoms with Crippen LogP contribution in [0.4, 0.5) is 0 Å². The van der Waals surface area contributed by atoms with E-state index in [0.717, 1.165) is 44.9 Å². The Hall–Kier alpha value is -3.93. The molecule has 0 saturated heterocycles. The van der Waals surface area contributed by atoms with Crippen molar-refractivity contribution in [1.82, 2.24) is 19.6 Å². The Labute approximate surface area is 166 Å². The highest BCUT2D eigenvalue weighted by Crippen LogP contribution is 2.39. The van der Waals surface area contributed by atoms with Crippen molar-refractivity contribution in [1.29, 1.82) is 0 Å². The lowest BCUT2D eigenvalue weighted by Gasteiger charge is -2.18. The number of hydrogen-bond acceptors (Lipinski definition) is 5. The highest BCUT2D eigenvalue weighted by Gasteiger charge is 2.24. The maximum atomic E-state index is 5.63. The standard InChI is InChI=1S/C23H16N4O2/c1-3-15-11-16(5-7-18(15)24-9-1)23(17-6-8-20-21(12-17)29-14-28-20)19-13-25-22-4-2-10-26-27(19)22/h1-13,23H,14H2. The van der Waals surface area contributed by atoms with Gasteiger partial charge < -0.3 is 9.47 Å². The lowest BCUT2D eigenvalue weighted by molar-refractivity contribution is 0.174. The van der Waals surface area contributed by atoms with Crippen molar-refractivity contribution in [3.63, 3.8) is 0 Å². The van der Waals surface area contributed by atoms with Crippen LogP contribution in [0.2, 0.25) is 0 Å². The summed E-state index contributed by atoms with van der Waals surface area (Å²) in [5.41, 5.74) is 5.00. The predicted molar refractivity (Wildman–Crippen MR) is 108 cm³/mol. The minimum absolute atomic E-state index is 0.0704. The summed E-state index contributed by atoms with van der Waals surface area (Å²) in [6.07, 6.45) is 5.48. The van der Waals surface area contributed by atoms with Crippen LogP contribution in [-0.4, -0.2) is 26.4 Å². The van der Waals surface area contributed by atoms with Crippen molar-refractivity contribution in [3.05, 3.63) is 96.1 Å². The Bertz CT molecular complexity index is 1360.